The van der Waals surface area contributed by atoms with Crippen LogP contribution in [-0.4, -0.2) is 40.5 Å². The third-order valence-electron chi connectivity index (χ3n) is 8.93. The van der Waals surface area contributed by atoms with Gasteiger partial charge in [-0.2, -0.15) is 8.42 Å². The number of rotatable bonds is 11. The van der Waals surface area contributed by atoms with Crippen LogP contribution in [0.25, 0.3) is 0 Å². The number of carbonyl (C=O) groups excluding carboxylic acids is 2. The van der Waals surface area contributed by atoms with Crippen LogP contribution >= 0.6 is 0 Å². The molecule has 266 valence electrons. The summed E-state index contributed by atoms with van der Waals surface area (Å²) in [6.45, 7) is 6.90. The molecule has 2 unspecified atom stereocenters. The number of ketones is 2. The summed E-state index contributed by atoms with van der Waals surface area (Å²) in [5.74, 6) is -2.25. The molecule has 0 radical (unpaired) electrons. The molecule has 3 N–H and O–H groups in total. The fourth-order valence-electron chi connectivity index (χ4n) is 6.34. The van der Waals surface area contributed by atoms with Crippen molar-refractivity contribution < 1.29 is 31.2 Å². The highest BCUT2D eigenvalue weighted by atomic mass is 32.2. The zero-order valence-corrected chi connectivity index (χ0v) is 30.4. The first-order valence-electron chi connectivity index (χ1n) is 16.5. The van der Waals surface area contributed by atoms with Gasteiger partial charge in [0.1, 0.15) is 34.5 Å². The van der Waals surface area contributed by atoms with E-state index in [1.54, 1.807) is 24.3 Å². The third kappa shape index (κ3) is 7.90. The number of fused-ring (bicyclic) bond motifs is 2. The molecule has 4 aromatic carbocycles. The Labute approximate surface area is 298 Å². The SMILES string of the molecule is CC(C)(C)CCC1(NCc2ccc(OCc3ccccc3)cc2)C(=O)C(C2=NS(=O)(=O)c3cc(NS(C)(=O)=O)ccc3N2)C(=O)c2ccccc21. The molecule has 0 aromatic heterocycles. The maximum absolute atomic E-state index is 15.0. The Hall–Kier alpha value is -4.85. The zero-order chi connectivity index (χ0) is 36.6. The predicted octanol–water partition coefficient (Wildman–Crippen LogP) is 6.04. The average Bonchev–Trinajstić information content (AvgIpc) is 3.07. The van der Waals surface area contributed by atoms with Crippen LogP contribution < -0.4 is 20.1 Å². The van der Waals surface area contributed by atoms with Crippen LogP contribution in [0.4, 0.5) is 11.4 Å². The van der Waals surface area contributed by atoms with Crippen molar-refractivity contribution in [1.29, 1.82) is 0 Å². The third-order valence-corrected chi connectivity index (χ3v) is 10.9. The van der Waals surface area contributed by atoms with Crippen LogP contribution in [0.2, 0.25) is 0 Å². The van der Waals surface area contributed by atoms with Gasteiger partial charge < -0.3 is 10.1 Å². The molecule has 4 aromatic rings. The van der Waals surface area contributed by atoms with Crippen molar-refractivity contribution in [2.24, 2.45) is 15.7 Å². The van der Waals surface area contributed by atoms with E-state index in [0.717, 1.165) is 23.4 Å². The van der Waals surface area contributed by atoms with Gasteiger partial charge in [0.15, 0.2) is 11.6 Å². The normalized spacial score (nSPS) is 19.7. The fraction of sp³-hybridized carbons (Fsp3) is 0.289. The Kier molecular flexibility index (Phi) is 9.66. The Morgan fingerprint density at radius 2 is 1.59 bits per heavy atom. The van der Waals surface area contributed by atoms with Crippen molar-refractivity contribution in [2.45, 2.75) is 57.2 Å². The number of sulfonamides is 2. The second-order valence-electron chi connectivity index (χ2n) is 14.1. The predicted molar refractivity (Wildman–Crippen MR) is 197 cm³/mol. The lowest BCUT2D eigenvalue weighted by molar-refractivity contribution is -0.128. The topological polar surface area (TPSA) is 160 Å². The largest absolute Gasteiger partial charge is 0.489 e. The van der Waals surface area contributed by atoms with Gasteiger partial charge in [0.2, 0.25) is 10.0 Å². The number of nitrogens with zero attached hydrogens (tertiary/aromatic N) is 1. The number of anilines is 2. The van der Waals surface area contributed by atoms with Gasteiger partial charge in [-0.3, -0.25) is 19.6 Å². The minimum atomic E-state index is -4.44. The maximum Gasteiger partial charge on any atom is 0.286 e. The first kappa shape index (κ1) is 36.0. The molecule has 2 atom stereocenters. The van der Waals surface area contributed by atoms with E-state index in [4.69, 9.17) is 4.74 Å². The lowest BCUT2D eigenvalue weighted by atomic mass is 9.66. The van der Waals surface area contributed by atoms with Crippen molar-refractivity contribution in [3.63, 3.8) is 0 Å². The molecule has 13 heteroatoms. The van der Waals surface area contributed by atoms with E-state index in [-0.39, 0.29) is 34.1 Å². The van der Waals surface area contributed by atoms with Gasteiger partial charge in [0.05, 0.1) is 11.9 Å². The number of ether oxygens (including phenoxy) is 1. The quantitative estimate of drug-likeness (QED) is 0.157. The van der Waals surface area contributed by atoms with Crippen LogP contribution in [0.1, 0.15) is 60.7 Å². The lowest BCUT2D eigenvalue weighted by Crippen LogP contribution is -2.59. The van der Waals surface area contributed by atoms with Crippen molar-refractivity contribution in [1.82, 2.24) is 5.32 Å². The Balaban J connectivity index is 1.34. The van der Waals surface area contributed by atoms with Gasteiger partial charge in [0, 0.05) is 17.8 Å². The van der Waals surface area contributed by atoms with E-state index < -0.39 is 43.1 Å². The van der Waals surface area contributed by atoms with Gasteiger partial charge in [-0.15, -0.1) is 4.40 Å². The monoisotopic (exact) mass is 728 g/mol. The van der Waals surface area contributed by atoms with E-state index in [1.165, 1.54) is 12.1 Å². The minimum absolute atomic E-state index is 0.0280. The standard InChI is InChI=1S/C38H40N4O7S2/c1-37(2,3)20-21-38(39-23-25-14-17-28(18-15-25)49-24-26-10-6-5-7-11-26)30-13-9-8-12-29(30)34(43)33(35(38)44)36-40-31-19-16-27(41-50(4,45)46)22-32(31)51(47,48)42-36/h5-19,22,33,39,41H,20-21,23-24H2,1-4H3,(H,40,42). The number of carbonyl (C=O) groups is 2. The highest BCUT2D eigenvalue weighted by Gasteiger charge is 2.54. The molecule has 6 rings (SSSR count). The number of Topliss-reactive ketones (excluding diaryl/α,β-unsaturated/α-hetero) is 2. The van der Waals surface area contributed by atoms with Crippen molar-refractivity contribution in [3.8, 4) is 5.75 Å². The Morgan fingerprint density at radius 3 is 2.27 bits per heavy atom. The number of amidine groups is 1. The molecule has 0 saturated heterocycles. The van der Waals surface area contributed by atoms with E-state index >= 15 is 0 Å². The summed E-state index contributed by atoms with van der Waals surface area (Å²) in [7, 11) is -8.13. The highest BCUT2D eigenvalue weighted by Crippen LogP contribution is 2.43. The van der Waals surface area contributed by atoms with Crippen molar-refractivity contribution in [2.75, 3.05) is 16.3 Å². The average molecular weight is 729 g/mol. The van der Waals surface area contributed by atoms with Gasteiger partial charge >= 0.3 is 0 Å². The van der Waals surface area contributed by atoms with Gasteiger partial charge in [0.25, 0.3) is 10.0 Å². The highest BCUT2D eigenvalue weighted by molar-refractivity contribution is 7.92. The summed E-state index contributed by atoms with van der Waals surface area (Å²) in [5, 5.41) is 6.45. The molecule has 0 bridgehead atoms. The second kappa shape index (κ2) is 13.7. The van der Waals surface area contributed by atoms with E-state index in [9.17, 15) is 26.4 Å². The number of hydrogen-bond donors (Lipinski definition) is 3. The molecule has 0 amide bonds. The fourth-order valence-corrected chi connectivity index (χ4v) is 8.08. The van der Waals surface area contributed by atoms with Gasteiger partial charge in [-0.25, -0.2) is 8.42 Å². The maximum atomic E-state index is 15.0. The van der Waals surface area contributed by atoms with Crippen LogP contribution in [0.5, 0.6) is 5.75 Å². The van der Waals surface area contributed by atoms with Crippen LogP contribution in [-0.2, 0) is 43.5 Å². The second-order valence-corrected chi connectivity index (χ2v) is 17.4. The van der Waals surface area contributed by atoms with E-state index in [2.05, 4.69) is 40.5 Å². The van der Waals surface area contributed by atoms with Crippen LogP contribution in [0, 0.1) is 11.3 Å². The van der Waals surface area contributed by atoms with Crippen LogP contribution in [0.15, 0.2) is 106 Å². The molecule has 0 spiro atoms. The van der Waals surface area contributed by atoms with E-state index in [1.807, 2.05) is 54.6 Å². The van der Waals surface area contributed by atoms with Gasteiger partial charge in [-0.1, -0.05) is 87.5 Å². The molecule has 51 heavy (non-hydrogen) atoms. The van der Waals surface area contributed by atoms with Crippen molar-refractivity contribution >= 4 is 48.8 Å². The molecule has 0 saturated carbocycles. The summed E-state index contributed by atoms with van der Waals surface area (Å²) < 4.78 is 62.8. The van der Waals surface area contributed by atoms with Crippen molar-refractivity contribution in [3.05, 3.63) is 119 Å². The summed E-state index contributed by atoms with van der Waals surface area (Å²) in [5.41, 5.74) is 1.29. The lowest BCUT2D eigenvalue weighted by Gasteiger charge is -2.43. The molecule has 1 heterocycles. The molecule has 1 aliphatic carbocycles. The molecule has 0 fully saturated rings. The zero-order valence-electron chi connectivity index (χ0n) is 28.8. The molecular formula is C38H40N4O7S2. The first-order valence-corrected chi connectivity index (χ1v) is 19.8. The summed E-state index contributed by atoms with van der Waals surface area (Å²) in [6.07, 6.45) is 1.88. The smallest absolute Gasteiger partial charge is 0.286 e. The summed E-state index contributed by atoms with van der Waals surface area (Å²) in [4.78, 5) is 28.9. The van der Waals surface area contributed by atoms with Gasteiger partial charge in [-0.05, 0) is 65.3 Å². The first-order chi connectivity index (χ1) is 24.0. The number of hydrogen-bond acceptors (Lipinski definition) is 9. The number of nitrogens with one attached hydrogen (secondary N) is 3. The molecule has 2 aliphatic rings. The molecular weight excluding hydrogens is 689 g/mol. The summed E-state index contributed by atoms with van der Waals surface area (Å²) in [6, 6.07) is 28.2. The Bertz CT molecular complexity index is 2230. The molecule has 1 aliphatic heterocycles. The molecule has 11 nitrogen and oxygen atoms in total. The van der Waals surface area contributed by atoms with E-state index in [0.29, 0.717) is 36.3 Å². The van der Waals surface area contributed by atoms with Crippen LogP contribution in [0.3, 0.4) is 0 Å². The minimum Gasteiger partial charge on any atom is -0.489 e. The Morgan fingerprint density at radius 1 is 0.902 bits per heavy atom. The summed E-state index contributed by atoms with van der Waals surface area (Å²) >= 11 is 0. The number of benzene rings is 4.